The number of carbonyl (C=O) groups excluding carboxylic acids is 2. The van der Waals surface area contributed by atoms with Crippen molar-refractivity contribution in [2.75, 3.05) is 32.1 Å². The van der Waals surface area contributed by atoms with Gasteiger partial charge in [-0.15, -0.1) is 11.3 Å². The molecule has 8 rings (SSSR count). The van der Waals surface area contributed by atoms with Crippen LogP contribution in [0.2, 0.25) is 0 Å². The Bertz CT molecular complexity index is 2150. The zero-order valence-electron chi connectivity index (χ0n) is 28.9. The first-order valence-electron chi connectivity index (χ1n) is 17.8. The quantitative estimate of drug-likeness (QED) is 0.154. The molecule has 0 spiro atoms. The number of carbonyl (C=O) groups is 2. The maximum atomic E-state index is 14.5. The molecule has 1 N–H and O–H groups in total. The molecule has 2 amide bonds. The minimum Gasteiger partial charge on any atom is -0.448 e. The highest BCUT2D eigenvalue weighted by Gasteiger charge is 2.50. The van der Waals surface area contributed by atoms with Crippen LogP contribution in [0.1, 0.15) is 54.0 Å². The van der Waals surface area contributed by atoms with Crippen molar-refractivity contribution >= 4 is 33.2 Å². The topological polar surface area (TPSA) is 137 Å². The number of fused-ring (bicyclic) bond motifs is 3. The number of nitrogens with one attached hydrogen (secondary N) is 1. The molecular weight excluding hydrogens is 715 g/mol. The van der Waals surface area contributed by atoms with Crippen LogP contribution >= 0.6 is 11.3 Å². The smallest absolute Gasteiger partial charge is 0.409 e. The molecule has 0 radical (unpaired) electrons. The second kappa shape index (κ2) is 14.9. The van der Waals surface area contributed by atoms with Gasteiger partial charge in [0.05, 0.1) is 18.4 Å². The molecule has 2 aliphatic heterocycles. The summed E-state index contributed by atoms with van der Waals surface area (Å²) in [6.45, 7) is 0.667. The van der Waals surface area contributed by atoms with Gasteiger partial charge in [0.2, 0.25) is 5.91 Å². The van der Waals surface area contributed by atoms with Gasteiger partial charge in [-0.25, -0.2) is 28.5 Å². The Hall–Kier alpha value is -4.82. The molecule has 3 aromatic carbocycles. The molecule has 274 valence electrons. The highest BCUT2D eigenvalue weighted by Crippen LogP contribution is 2.47. The van der Waals surface area contributed by atoms with Gasteiger partial charge in [0.25, 0.3) is 0 Å². The van der Waals surface area contributed by atoms with E-state index in [-0.39, 0.29) is 44.2 Å². The fraction of sp³-hybridized carbons (Fsp3) is 0.325. The van der Waals surface area contributed by atoms with Crippen LogP contribution in [-0.4, -0.2) is 68.6 Å². The molecule has 5 aromatic rings. The lowest BCUT2D eigenvalue weighted by Crippen LogP contribution is -2.43. The summed E-state index contributed by atoms with van der Waals surface area (Å²) in [7, 11) is -4.00. The summed E-state index contributed by atoms with van der Waals surface area (Å²) < 4.78 is 44.3. The maximum absolute atomic E-state index is 14.5. The number of rotatable bonds is 9. The van der Waals surface area contributed by atoms with Crippen LogP contribution in [0.4, 0.5) is 4.79 Å². The third-order valence-corrected chi connectivity index (χ3v) is 14.4. The predicted molar refractivity (Wildman–Crippen MR) is 199 cm³/mol. The Balaban J connectivity index is 1.03. The molecule has 4 heterocycles. The number of thiophene rings is 1. The summed E-state index contributed by atoms with van der Waals surface area (Å²) in [5.74, 6) is -0.410. The summed E-state index contributed by atoms with van der Waals surface area (Å²) >= 11 is 1.32. The van der Waals surface area contributed by atoms with Crippen molar-refractivity contribution in [3.63, 3.8) is 0 Å². The summed E-state index contributed by atoms with van der Waals surface area (Å²) in [5.41, 5.74) is 8.63. The molecule has 2 unspecified atom stereocenters. The SMILES string of the molecule is O=C(CC1(c2ccc(-c3ccc(-c4cnco4)cc3)s2)CCN(C(=O)OCC2c3ccccc3-c3ccccc32)CCS1(=O)=O)NOC1CCCCO1. The van der Waals surface area contributed by atoms with Gasteiger partial charge in [0, 0.05) is 47.4 Å². The van der Waals surface area contributed by atoms with Crippen LogP contribution in [0.5, 0.6) is 0 Å². The lowest BCUT2D eigenvalue weighted by molar-refractivity contribution is -0.200. The van der Waals surface area contributed by atoms with Crippen LogP contribution in [-0.2, 0) is 33.7 Å². The van der Waals surface area contributed by atoms with Gasteiger partial charge in [0.1, 0.15) is 11.4 Å². The number of ether oxygens (including phenoxy) is 2. The van der Waals surface area contributed by atoms with Gasteiger partial charge in [-0.3, -0.25) is 4.79 Å². The Morgan fingerprint density at radius 1 is 0.925 bits per heavy atom. The average molecular weight is 754 g/mol. The summed E-state index contributed by atoms with van der Waals surface area (Å²) in [6.07, 6.45) is 3.90. The lowest BCUT2D eigenvalue weighted by Gasteiger charge is -2.31. The van der Waals surface area contributed by atoms with E-state index >= 15 is 0 Å². The Morgan fingerprint density at radius 3 is 2.36 bits per heavy atom. The van der Waals surface area contributed by atoms with Gasteiger partial charge in [0.15, 0.2) is 28.3 Å². The van der Waals surface area contributed by atoms with Crippen molar-refractivity contribution in [3.05, 3.63) is 114 Å². The van der Waals surface area contributed by atoms with Gasteiger partial charge in [-0.1, -0.05) is 72.8 Å². The monoisotopic (exact) mass is 753 g/mol. The molecule has 13 heteroatoms. The molecule has 2 fully saturated rings. The van der Waals surface area contributed by atoms with E-state index in [2.05, 4.69) is 34.7 Å². The minimum atomic E-state index is -4.00. The van der Waals surface area contributed by atoms with Gasteiger partial charge in [-0.05, 0) is 59.2 Å². The second-order valence-corrected chi connectivity index (χ2v) is 17.1. The van der Waals surface area contributed by atoms with Gasteiger partial charge in [-0.2, -0.15) is 0 Å². The molecule has 53 heavy (non-hydrogen) atoms. The number of hydrogen-bond acceptors (Lipinski definition) is 10. The summed E-state index contributed by atoms with van der Waals surface area (Å²) in [4.78, 5) is 39.6. The zero-order valence-corrected chi connectivity index (χ0v) is 30.6. The van der Waals surface area contributed by atoms with E-state index in [9.17, 15) is 18.0 Å². The fourth-order valence-corrected chi connectivity index (χ4v) is 11.2. The number of hydrogen-bond donors (Lipinski definition) is 1. The first-order valence-corrected chi connectivity index (χ1v) is 20.3. The van der Waals surface area contributed by atoms with E-state index in [0.29, 0.717) is 23.7 Å². The van der Waals surface area contributed by atoms with E-state index in [1.54, 1.807) is 12.3 Å². The van der Waals surface area contributed by atoms with Crippen molar-refractivity contribution < 1.29 is 36.7 Å². The first kappa shape index (κ1) is 35.2. The molecule has 1 aliphatic carbocycles. The molecule has 0 bridgehead atoms. The third kappa shape index (κ3) is 7.01. The number of nitrogens with zero attached hydrogens (tertiary/aromatic N) is 2. The average Bonchev–Trinajstić information content (AvgIpc) is 3.95. The standard InChI is InChI=1S/C40H39N3O8S2/c44-37(42-51-38-11-5-6-21-48-38)23-40(36-17-16-35(52-36)28-14-12-27(13-15-28)34-24-41-26-50-34)18-19-43(20-22-53(40,46)47)39(45)49-25-33-31-9-3-1-7-29(31)30-8-2-4-10-32(30)33/h1-4,7-10,12-17,24,26,33,38H,5-6,11,18-23,25H2,(H,42,44). The number of sulfone groups is 1. The van der Waals surface area contributed by atoms with Crippen LogP contribution in [0.15, 0.2) is 102 Å². The predicted octanol–water partition coefficient (Wildman–Crippen LogP) is 7.30. The highest BCUT2D eigenvalue weighted by molar-refractivity contribution is 7.92. The van der Waals surface area contributed by atoms with Crippen molar-refractivity contribution in [3.8, 4) is 32.9 Å². The highest BCUT2D eigenvalue weighted by atomic mass is 32.2. The molecule has 2 aromatic heterocycles. The summed E-state index contributed by atoms with van der Waals surface area (Å²) in [5, 5.41) is 0. The van der Waals surface area contributed by atoms with E-state index in [0.717, 1.165) is 51.1 Å². The molecule has 11 nitrogen and oxygen atoms in total. The Morgan fingerprint density at radius 2 is 1.66 bits per heavy atom. The van der Waals surface area contributed by atoms with Gasteiger partial charge >= 0.3 is 6.09 Å². The fourth-order valence-electron chi connectivity index (χ4n) is 7.56. The number of benzene rings is 3. The van der Waals surface area contributed by atoms with Crippen molar-refractivity contribution in [2.24, 2.45) is 0 Å². The van der Waals surface area contributed by atoms with Gasteiger partial charge < -0.3 is 18.8 Å². The Kier molecular flexibility index (Phi) is 9.90. The van der Waals surface area contributed by atoms with Crippen molar-refractivity contribution in [2.45, 2.75) is 49.1 Å². The largest absolute Gasteiger partial charge is 0.448 e. The molecule has 0 saturated carbocycles. The number of hydroxylamine groups is 1. The summed E-state index contributed by atoms with van der Waals surface area (Å²) in [6, 6.07) is 27.6. The number of aromatic nitrogens is 1. The first-order chi connectivity index (χ1) is 25.8. The second-order valence-electron chi connectivity index (χ2n) is 13.6. The minimum absolute atomic E-state index is 0.00272. The lowest BCUT2D eigenvalue weighted by atomic mass is 9.97. The third-order valence-electron chi connectivity index (χ3n) is 10.4. The molecular formula is C40H39N3O8S2. The van der Waals surface area contributed by atoms with Crippen LogP contribution in [0.25, 0.3) is 32.9 Å². The Labute approximate surface area is 311 Å². The number of oxazole rings is 1. The van der Waals surface area contributed by atoms with Crippen molar-refractivity contribution in [1.29, 1.82) is 0 Å². The zero-order chi connectivity index (χ0) is 36.4. The van der Waals surface area contributed by atoms with E-state index in [1.807, 2.05) is 54.6 Å². The van der Waals surface area contributed by atoms with E-state index in [1.165, 1.54) is 22.6 Å². The van der Waals surface area contributed by atoms with Crippen LogP contribution in [0, 0.1) is 0 Å². The molecule has 2 atom stereocenters. The van der Waals surface area contributed by atoms with Crippen LogP contribution < -0.4 is 5.48 Å². The van der Waals surface area contributed by atoms with E-state index < -0.39 is 32.9 Å². The van der Waals surface area contributed by atoms with E-state index in [4.69, 9.17) is 18.7 Å². The van der Waals surface area contributed by atoms with Crippen molar-refractivity contribution in [1.82, 2.24) is 15.4 Å². The molecule has 2 saturated heterocycles. The number of amides is 2. The normalized spacial score (nSPS) is 21.0. The molecule has 3 aliphatic rings. The van der Waals surface area contributed by atoms with Crippen LogP contribution in [0.3, 0.4) is 0 Å². The maximum Gasteiger partial charge on any atom is 0.409 e.